The number of rotatable bonds is 5. The predicted octanol–water partition coefficient (Wildman–Crippen LogP) is 2.90. The summed E-state index contributed by atoms with van der Waals surface area (Å²) in [7, 11) is 0. The lowest BCUT2D eigenvalue weighted by atomic mass is 10.1. The standard InChI is InChI=1S/C20H22N2O2/c23-19(21-13-12-16-6-2-1-3-7-16)17-8-10-18(11-9-17)20(24)22-14-4-5-15-22/h1-3,6-11H,4-5,12-15H2,(H,21,23). The van der Waals surface area contributed by atoms with Crippen molar-refractivity contribution in [2.75, 3.05) is 19.6 Å². The smallest absolute Gasteiger partial charge is 0.253 e. The molecule has 4 heteroatoms. The first-order valence-corrected chi connectivity index (χ1v) is 8.45. The van der Waals surface area contributed by atoms with Crippen LogP contribution in [0.2, 0.25) is 0 Å². The second kappa shape index (κ2) is 7.77. The molecule has 24 heavy (non-hydrogen) atoms. The Kier molecular flexibility index (Phi) is 5.26. The minimum atomic E-state index is -0.105. The molecule has 0 bridgehead atoms. The molecule has 1 aliphatic heterocycles. The van der Waals surface area contributed by atoms with Crippen LogP contribution in [-0.4, -0.2) is 36.3 Å². The van der Waals surface area contributed by atoms with Gasteiger partial charge in [0.15, 0.2) is 0 Å². The van der Waals surface area contributed by atoms with Crippen molar-refractivity contribution in [1.29, 1.82) is 0 Å². The van der Waals surface area contributed by atoms with Gasteiger partial charge in [0.1, 0.15) is 0 Å². The van der Waals surface area contributed by atoms with Gasteiger partial charge < -0.3 is 10.2 Å². The van der Waals surface area contributed by atoms with E-state index < -0.39 is 0 Å². The summed E-state index contributed by atoms with van der Waals surface area (Å²) in [6, 6.07) is 17.0. The number of hydrogen-bond donors (Lipinski definition) is 1. The van der Waals surface area contributed by atoms with E-state index in [4.69, 9.17) is 0 Å². The molecule has 2 amide bonds. The molecule has 1 aliphatic rings. The molecule has 0 aromatic heterocycles. The van der Waals surface area contributed by atoms with Gasteiger partial charge in [-0.2, -0.15) is 0 Å². The van der Waals surface area contributed by atoms with Gasteiger partial charge in [0, 0.05) is 30.8 Å². The number of nitrogens with one attached hydrogen (secondary N) is 1. The van der Waals surface area contributed by atoms with Gasteiger partial charge >= 0.3 is 0 Å². The summed E-state index contributed by atoms with van der Waals surface area (Å²) in [6.45, 7) is 2.26. The number of nitrogens with zero attached hydrogens (tertiary/aromatic N) is 1. The highest BCUT2D eigenvalue weighted by atomic mass is 16.2. The summed E-state index contributed by atoms with van der Waals surface area (Å²) < 4.78 is 0. The summed E-state index contributed by atoms with van der Waals surface area (Å²) in [5.74, 6) is -0.0466. The SMILES string of the molecule is O=C(NCCc1ccccc1)c1ccc(C(=O)N2CCCC2)cc1. The summed E-state index contributed by atoms with van der Waals surface area (Å²) in [5.41, 5.74) is 2.43. The van der Waals surface area contributed by atoms with Gasteiger partial charge in [-0.3, -0.25) is 9.59 Å². The highest BCUT2D eigenvalue weighted by Crippen LogP contribution is 2.13. The largest absolute Gasteiger partial charge is 0.352 e. The van der Waals surface area contributed by atoms with E-state index in [0.29, 0.717) is 17.7 Å². The molecule has 0 unspecified atom stereocenters. The van der Waals surface area contributed by atoms with Gasteiger partial charge in [0.25, 0.3) is 11.8 Å². The van der Waals surface area contributed by atoms with Crippen LogP contribution in [-0.2, 0) is 6.42 Å². The molecule has 0 radical (unpaired) electrons. The Morgan fingerprint density at radius 3 is 2.17 bits per heavy atom. The maximum atomic E-state index is 12.3. The third-order valence-corrected chi connectivity index (χ3v) is 4.33. The van der Waals surface area contributed by atoms with E-state index in [2.05, 4.69) is 5.32 Å². The van der Waals surface area contributed by atoms with Crippen molar-refractivity contribution in [2.45, 2.75) is 19.3 Å². The summed E-state index contributed by atoms with van der Waals surface area (Å²) >= 11 is 0. The molecule has 1 saturated heterocycles. The highest BCUT2D eigenvalue weighted by Gasteiger charge is 2.19. The van der Waals surface area contributed by atoms with Crippen molar-refractivity contribution in [1.82, 2.24) is 10.2 Å². The maximum Gasteiger partial charge on any atom is 0.253 e. The van der Waals surface area contributed by atoms with Crippen molar-refractivity contribution in [3.05, 3.63) is 71.3 Å². The molecule has 3 rings (SSSR count). The van der Waals surface area contributed by atoms with Crippen LogP contribution >= 0.6 is 0 Å². The number of carbonyl (C=O) groups is 2. The zero-order valence-corrected chi connectivity index (χ0v) is 13.7. The van der Waals surface area contributed by atoms with Crippen LogP contribution < -0.4 is 5.32 Å². The molecule has 4 nitrogen and oxygen atoms in total. The molecule has 124 valence electrons. The fourth-order valence-electron chi connectivity index (χ4n) is 2.93. The fraction of sp³-hybridized carbons (Fsp3) is 0.300. The first-order valence-electron chi connectivity index (χ1n) is 8.45. The van der Waals surface area contributed by atoms with Gasteiger partial charge in [0.05, 0.1) is 0 Å². The van der Waals surface area contributed by atoms with Crippen molar-refractivity contribution in [3.8, 4) is 0 Å². The number of benzene rings is 2. The quantitative estimate of drug-likeness (QED) is 0.920. The maximum absolute atomic E-state index is 12.3. The third kappa shape index (κ3) is 4.02. The second-order valence-electron chi connectivity index (χ2n) is 6.07. The van der Waals surface area contributed by atoms with Crippen LogP contribution in [0.3, 0.4) is 0 Å². The zero-order chi connectivity index (χ0) is 16.8. The van der Waals surface area contributed by atoms with E-state index in [-0.39, 0.29) is 11.8 Å². The molecule has 0 saturated carbocycles. The number of hydrogen-bond acceptors (Lipinski definition) is 2. The summed E-state index contributed by atoms with van der Waals surface area (Å²) in [4.78, 5) is 26.3. The third-order valence-electron chi connectivity index (χ3n) is 4.33. The Balaban J connectivity index is 1.52. The fourth-order valence-corrected chi connectivity index (χ4v) is 2.93. The molecule has 0 aliphatic carbocycles. The van der Waals surface area contributed by atoms with Gasteiger partial charge in [-0.25, -0.2) is 0 Å². The van der Waals surface area contributed by atoms with Gasteiger partial charge in [-0.05, 0) is 49.1 Å². The Morgan fingerprint density at radius 2 is 1.50 bits per heavy atom. The van der Waals surface area contributed by atoms with E-state index >= 15 is 0 Å². The van der Waals surface area contributed by atoms with Crippen LogP contribution in [0, 0.1) is 0 Å². The molecule has 2 aromatic carbocycles. The van der Waals surface area contributed by atoms with Crippen LogP contribution in [0.4, 0.5) is 0 Å². The zero-order valence-electron chi connectivity index (χ0n) is 13.7. The Bertz CT molecular complexity index is 689. The van der Waals surface area contributed by atoms with Crippen LogP contribution in [0.5, 0.6) is 0 Å². The van der Waals surface area contributed by atoms with Crippen molar-refractivity contribution in [3.63, 3.8) is 0 Å². The van der Waals surface area contributed by atoms with Gasteiger partial charge in [0.2, 0.25) is 0 Å². The summed E-state index contributed by atoms with van der Waals surface area (Å²) in [6.07, 6.45) is 2.96. The molecule has 2 aromatic rings. The van der Waals surface area contributed by atoms with Crippen LogP contribution in [0.25, 0.3) is 0 Å². The van der Waals surface area contributed by atoms with E-state index in [0.717, 1.165) is 32.4 Å². The topological polar surface area (TPSA) is 49.4 Å². The van der Waals surface area contributed by atoms with Crippen molar-refractivity contribution < 1.29 is 9.59 Å². The van der Waals surface area contributed by atoms with Crippen molar-refractivity contribution in [2.24, 2.45) is 0 Å². The van der Waals surface area contributed by atoms with Crippen molar-refractivity contribution >= 4 is 11.8 Å². The van der Waals surface area contributed by atoms with E-state index in [9.17, 15) is 9.59 Å². The Hall–Kier alpha value is -2.62. The average molecular weight is 322 g/mol. The first-order chi connectivity index (χ1) is 11.7. The average Bonchev–Trinajstić information content (AvgIpc) is 3.17. The Labute approximate surface area is 142 Å². The minimum Gasteiger partial charge on any atom is -0.352 e. The van der Waals surface area contributed by atoms with E-state index in [1.54, 1.807) is 24.3 Å². The molecule has 1 N–H and O–H groups in total. The predicted molar refractivity (Wildman–Crippen MR) is 94.1 cm³/mol. The monoisotopic (exact) mass is 322 g/mol. The van der Waals surface area contributed by atoms with Gasteiger partial charge in [-0.1, -0.05) is 30.3 Å². The molecule has 0 atom stereocenters. The first kappa shape index (κ1) is 16.2. The lowest BCUT2D eigenvalue weighted by Crippen LogP contribution is -2.28. The van der Waals surface area contributed by atoms with Crippen LogP contribution in [0.15, 0.2) is 54.6 Å². The summed E-state index contributed by atoms with van der Waals surface area (Å²) in [5, 5.41) is 2.92. The lowest BCUT2D eigenvalue weighted by molar-refractivity contribution is 0.0792. The van der Waals surface area contributed by atoms with Gasteiger partial charge in [-0.15, -0.1) is 0 Å². The number of amides is 2. The minimum absolute atomic E-state index is 0.0588. The molecule has 1 heterocycles. The Morgan fingerprint density at radius 1 is 0.875 bits per heavy atom. The molecular formula is C20H22N2O2. The molecule has 0 spiro atoms. The number of likely N-dealkylation sites (tertiary alicyclic amines) is 1. The number of carbonyl (C=O) groups excluding carboxylic acids is 2. The second-order valence-corrected chi connectivity index (χ2v) is 6.07. The normalized spacial score (nSPS) is 13.8. The molecule has 1 fully saturated rings. The lowest BCUT2D eigenvalue weighted by Gasteiger charge is -2.15. The highest BCUT2D eigenvalue weighted by molar-refractivity contribution is 5.97. The van der Waals surface area contributed by atoms with E-state index in [1.807, 2.05) is 35.2 Å². The van der Waals surface area contributed by atoms with E-state index in [1.165, 1.54) is 5.56 Å². The van der Waals surface area contributed by atoms with Crippen LogP contribution in [0.1, 0.15) is 39.1 Å². The molecular weight excluding hydrogens is 300 g/mol.